The Morgan fingerprint density at radius 1 is 1.25 bits per heavy atom. The van der Waals surface area contributed by atoms with Crippen LogP contribution in [-0.2, 0) is 0 Å². The lowest BCUT2D eigenvalue weighted by Crippen LogP contribution is -2.15. The fraction of sp³-hybridized carbons (Fsp3) is 0.500. The number of ether oxygens (including phenoxy) is 1. The number of methoxy groups -OCH3 is 1. The molecule has 0 heterocycles. The van der Waals surface area contributed by atoms with Crippen LogP contribution in [0.4, 0.5) is 0 Å². The molecule has 0 radical (unpaired) electrons. The van der Waals surface area contributed by atoms with Crippen molar-refractivity contribution in [3.63, 3.8) is 0 Å². The van der Waals surface area contributed by atoms with Gasteiger partial charge in [0.1, 0.15) is 5.75 Å². The molecule has 1 unspecified atom stereocenters. The summed E-state index contributed by atoms with van der Waals surface area (Å²) in [6.07, 6.45) is -0.679. The number of hydrogen-bond donors (Lipinski definition) is 2. The molecule has 1 atom stereocenters. The largest absolute Gasteiger partial charge is 0.495 e. The number of nitrogens with two attached hydrogens (primary N) is 1. The average Bonchev–Trinajstić information content (AvgIpc) is 2.27. The van der Waals surface area contributed by atoms with E-state index in [0.717, 1.165) is 22.3 Å². The summed E-state index contributed by atoms with van der Waals surface area (Å²) in [4.78, 5) is 0. The number of aliphatic hydroxyl groups is 1. The van der Waals surface area contributed by atoms with Crippen LogP contribution in [0.15, 0.2) is 0 Å². The first-order valence-corrected chi connectivity index (χ1v) is 5.54. The first-order valence-electron chi connectivity index (χ1n) is 5.16. The van der Waals surface area contributed by atoms with Crippen molar-refractivity contribution in [1.82, 2.24) is 0 Å². The standard InChI is InChI=1S/C12H18ClNO2/c1-6-7(2)12(16-4)11(13)8(3)10(6)9(15)5-14/h9,15H,5,14H2,1-4H3. The minimum atomic E-state index is -0.679. The van der Waals surface area contributed by atoms with Gasteiger partial charge in [-0.05, 0) is 43.0 Å². The highest BCUT2D eigenvalue weighted by Gasteiger charge is 2.20. The summed E-state index contributed by atoms with van der Waals surface area (Å²) in [5.41, 5.74) is 9.06. The van der Waals surface area contributed by atoms with Gasteiger partial charge >= 0.3 is 0 Å². The first-order chi connectivity index (χ1) is 7.45. The molecule has 1 rings (SSSR count). The van der Waals surface area contributed by atoms with E-state index in [-0.39, 0.29) is 6.54 Å². The van der Waals surface area contributed by atoms with Crippen LogP contribution < -0.4 is 10.5 Å². The maximum atomic E-state index is 9.88. The second kappa shape index (κ2) is 5.04. The molecule has 0 saturated carbocycles. The number of benzene rings is 1. The van der Waals surface area contributed by atoms with Crippen molar-refractivity contribution in [2.75, 3.05) is 13.7 Å². The third-order valence-corrected chi connectivity index (χ3v) is 3.46. The minimum Gasteiger partial charge on any atom is -0.495 e. The van der Waals surface area contributed by atoms with E-state index in [0.29, 0.717) is 10.8 Å². The van der Waals surface area contributed by atoms with Crippen LogP contribution in [0.25, 0.3) is 0 Å². The Hall–Kier alpha value is -0.770. The zero-order chi connectivity index (χ0) is 12.5. The van der Waals surface area contributed by atoms with Gasteiger partial charge in [0.2, 0.25) is 0 Å². The summed E-state index contributed by atoms with van der Waals surface area (Å²) in [5.74, 6) is 0.671. The highest BCUT2D eigenvalue weighted by molar-refractivity contribution is 6.33. The Kier molecular flexibility index (Phi) is 4.19. The lowest BCUT2D eigenvalue weighted by Gasteiger charge is -2.21. The molecule has 0 aromatic heterocycles. The van der Waals surface area contributed by atoms with Gasteiger partial charge in [-0.3, -0.25) is 0 Å². The monoisotopic (exact) mass is 243 g/mol. The SMILES string of the molecule is COc1c(C)c(C)c(C(O)CN)c(C)c1Cl. The Balaban J connectivity index is 3.53. The van der Waals surface area contributed by atoms with Crippen molar-refractivity contribution in [1.29, 1.82) is 0 Å². The second-order valence-corrected chi connectivity index (χ2v) is 4.27. The van der Waals surface area contributed by atoms with Crippen molar-refractivity contribution in [3.8, 4) is 5.75 Å². The molecule has 0 aliphatic rings. The second-order valence-electron chi connectivity index (χ2n) is 3.89. The molecular weight excluding hydrogens is 226 g/mol. The number of rotatable bonds is 3. The Morgan fingerprint density at radius 3 is 2.25 bits per heavy atom. The molecule has 0 spiro atoms. The summed E-state index contributed by atoms with van der Waals surface area (Å²) in [7, 11) is 1.59. The van der Waals surface area contributed by atoms with Gasteiger partial charge in [-0.1, -0.05) is 11.6 Å². The van der Waals surface area contributed by atoms with Crippen LogP contribution >= 0.6 is 11.6 Å². The molecule has 90 valence electrons. The van der Waals surface area contributed by atoms with Gasteiger partial charge in [0.05, 0.1) is 18.2 Å². The van der Waals surface area contributed by atoms with E-state index < -0.39 is 6.10 Å². The molecule has 0 aliphatic heterocycles. The highest BCUT2D eigenvalue weighted by Crippen LogP contribution is 2.38. The number of hydrogen-bond acceptors (Lipinski definition) is 3. The van der Waals surface area contributed by atoms with E-state index in [1.807, 2.05) is 20.8 Å². The first kappa shape index (κ1) is 13.3. The Bertz CT molecular complexity index is 375. The van der Waals surface area contributed by atoms with Gasteiger partial charge in [0.15, 0.2) is 0 Å². The molecule has 4 heteroatoms. The molecule has 3 N–H and O–H groups in total. The third kappa shape index (κ3) is 2.03. The van der Waals surface area contributed by atoms with E-state index >= 15 is 0 Å². The van der Waals surface area contributed by atoms with Crippen molar-refractivity contribution < 1.29 is 9.84 Å². The van der Waals surface area contributed by atoms with E-state index in [2.05, 4.69) is 0 Å². The summed E-state index contributed by atoms with van der Waals surface area (Å²) in [6.45, 7) is 5.91. The summed E-state index contributed by atoms with van der Waals surface area (Å²) >= 11 is 6.20. The molecule has 16 heavy (non-hydrogen) atoms. The quantitative estimate of drug-likeness (QED) is 0.856. The van der Waals surface area contributed by atoms with E-state index in [1.54, 1.807) is 7.11 Å². The predicted molar refractivity (Wildman–Crippen MR) is 66.2 cm³/mol. The normalized spacial score (nSPS) is 12.7. The predicted octanol–water partition coefficient (Wildman–Crippen LogP) is 2.27. The van der Waals surface area contributed by atoms with Crippen molar-refractivity contribution in [2.45, 2.75) is 26.9 Å². The van der Waals surface area contributed by atoms with Crippen LogP contribution in [0.2, 0.25) is 5.02 Å². The Morgan fingerprint density at radius 2 is 1.81 bits per heavy atom. The zero-order valence-electron chi connectivity index (χ0n) is 10.1. The summed E-state index contributed by atoms with van der Waals surface area (Å²) < 4.78 is 5.26. The highest BCUT2D eigenvalue weighted by atomic mass is 35.5. The van der Waals surface area contributed by atoms with Crippen molar-refractivity contribution >= 4 is 11.6 Å². The van der Waals surface area contributed by atoms with E-state index in [9.17, 15) is 5.11 Å². The van der Waals surface area contributed by atoms with Gasteiger partial charge in [0.25, 0.3) is 0 Å². The van der Waals surface area contributed by atoms with E-state index in [4.69, 9.17) is 22.1 Å². The van der Waals surface area contributed by atoms with Gasteiger partial charge in [-0.2, -0.15) is 0 Å². The molecule has 0 aliphatic carbocycles. The molecule has 1 aromatic carbocycles. The molecule has 0 fully saturated rings. The van der Waals surface area contributed by atoms with Gasteiger partial charge in [-0.15, -0.1) is 0 Å². The lowest BCUT2D eigenvalue weighted by molar-refractivity contribution is 0.185. The van der Waals surface area contributed by atoms with Gasteiger partial charge in [0, 0.05) is 6.54 Å². The maximum Gasteiger partial charge on any atom is 0.140 e. The van der Waals surface area contributed by atoms with Crippen molar-refractivity contribution in [2.24, 2.45) is 5.73 Å². The summed E-state index contributed by atoms with van der Waals surface area (Å²) in [6, 6.07) is 0. The molecule has 3 nitrogen and oxygen atoms in total. The fourth-order valence-electron chi connectivity index (χ4n) is 1.97. The molecule has 1 aromatic rings. The Labute approximate surface area is 101 Å². The lowest BCUT2D eigenvalue weighted by atomic mass is 9.93. The van der Waals surface area contributed by atoms with Crippen molar-refractivity contribution in [3.05, 3.63) is 27.3 Å². The van der Waals surface area contributed by atoms with E-state index in [1.165, 1.54) is 0 Å². The van der Waals surface area contributed by atoms with Crippen LogP contribution in [-0.4, -0.2) is 18.8 Å². The third-order valence-electron chi connectivity index (χ3n) is 3.00. The zero-order valence-corrected chi connectivity index (χ0v) is 10.9. The summed E-state index contributed by atoms with van der Waals surface area (Å²) in [5, 5.41) is 10.4. The van der Waals surface area contributed by atoms with Gasteiger partial charge in [-0.25, -0.2) is 0 Å². The smallest absolute Gasteiger partial charge is 0.140 e. The molecule has 0 amide bonds. The molecule has 0 bridgehead atoms. The number of halogens is 1. The van der Waals surface area contributed by atoms with Crippen LogP contribution in [0.5, 0.6) is 5.75 Å². The maximum absolute atomic E-state index is 9.88. The average molecular weight is 244 g/mol. The minimum absolute atomic E-state index is 0.184. The molecule has 0 saturated heterocycles. The fourth-order valence-corrected chi connectivity index (χ4v) is 2.29. The van der Waals surface area contributed by atoms with Crippen LogP contribution in [0.3, 0.4) is 0 Å². The number of aliphatic hydroxyl groups excluding tert-OH is 1. The van der Waals surface area contributed by atoms with Crippen LogP contribution in [0.1, 0.15) is 28.4 Å². The van der Waals surface area contributed by atoms with Gasteiger partial charge < -0.3 is 15.6 Å². The van der Waals surface area contributed by atoms with Crippen LogP contribution in [0, 0.1) is 20.8 Å². The molecular formula is C12H18ClNO2. The topological polar surface area (TPSA) is 55.5 Å².